The van der Waals surface area contributed by atoms with Crippen LogP contribution in [0.5, 0.6) is 0 Å². The molecular formula is C17H22N4OS. The molecule has 0 unspecified atom stereocenters. The van der Waals surface area contributed by atoms with Crippen molar-refractivity contribution in [2.45, 2.75) is 37.9 Å². The summed E-state index contributed by atoms with van der Waals surface area (Å²) < 4.78 is 0. The van der Waals surface area contributed by atoms with Crippen molar-refractivity contribution in [3.8, 4) is 0 Å². The molecule has 6 heteroatoms. The summed E-state index contributed by atoms with van der Waals surface area (Å²) in [6, 6.07) is 8.54. The number of carbonyl (C=O) groups excluding carboxylic acids is 1. The number of fused-ring (bicyclic) bond motifs is 1. The van der Waals surface area contributed by atoms with E-state index in [0.717, 1.165) is 29.8 Å². The summed E-state index contributed by atoms with van der Waals surface area (Å²) in [6.45, 7) is 5.47. The molecular weight excluding hydrogens is 308 g/mol. The van der Waals surface area contributed by atoms with Crippen molar-refractivity contribution in [1.29, 1.82) is 0 Å². The molecule has 0 bridgehead atoms. The van der Waals surface area contributed by atoms with Crippen LogP contribution in [0.15, 0.2) is 29.4 Å². The van der Waals surface area contributed by atoms with E-state index in [2.05, 4.69) is 15.3 Å². The molecule has 1 aliphatic rings. The number of amides is 1. The largest absolute Gasteiger partial charge is 0.367 e. The Kier molecular flexibility index (Phi) is 5.00. The van der Waals surface area contributed by atoms with Crippen LogP contribution in [0.25, 0.3) is 10.9 Å². The molecule has 0 spiro atoms. The van der Waals surface area contributed by atoms with Crippen LogP contribution < -0.4 is 5.32 Å². The average Bonchev–Trinajstić information content (AvgIpc) is 3.38. The highest BCUT2D eigenvalue weighted by Crippen LogP contribution is 2.29. The molecule has 1 aromatic heterocycles. The number of thioether (sulfide) groups is 1. The highest BCUT2D eigenvalue weighted by Gasteiger charge is 2.23. The van der Waals surface area contributed by atoms with Gasteiger partial charge in [0.05, 0.1) is 11.3 Å². The van der Waals surface area contributed by atoms with Gasteiger partial charge in [0.25, 0.3) is 0 Å². The lowest BCUT2D eigenvalue weighted by Gasteiger charge is -2.18. The Morgan fingerprint density at radius 3 is 2.70 bits per heavy atom. The summed E-state index contributed by atoms with van der Waals surface area (Å²) in [5, 5.41) is 5.17. The molecule has 0 atom stereocenters. The fraction of sp³-hybridized carbons (Fsp3) is 0.471. The van der Waals surface area contributed by atoms with Gasteiger partial charge < -0.3 is 10.2 Å². The quantitative estimate of drug-likeness (QED) is 0.624. The lowest BCUT2D eigenvalue weighted by molar-refractivity contribution is -0.127. The minimum atomic E-state index is 0.133. The predicted octanol–water partition coefficient (Wildman–Crippen LogP) is 3.16. The van der Waals surface area contributed by atoms with E-state index in [-0.39, 0.29) is 5.91 Å². The second-order valence-corrected chi connectivity index (χ2v) is 6.59. The molecule has 0 radical (unpaired) electrons. The zero-order valence-electron chi connectivity index (χ0n) is 13.6. The maximum atomic E-state index is 12.1. The molecule has 5 nitrogen and oxygen atoms in total. The number of nitrogens with zero attached hydrogens (tertiary/aromatic N) is 3. The van der Waals surface area contributed by atoms with Crippen molar-refractivity contribution in [1.82, 2.24) is 14.9 Å². The number of anilines is 1. The zero-order chi connectivity index (χ0) is 16.2. The molecule has 1 aromatic carbocycles. The summed E-state index contributed by atoms with van der Waals surface area (Å²) in [5.41, 5.74) is 0.920. The molecule has 3 rings (SSSR count). The fourth-order valence-electron chi connectivity index (χ4n) is 2.44. The first-order chi connectivity index (χ1) is 11.2. The van der Waals surface area contributed by atoms with Gasteiger partial charge in [-0.2, -0.15) is 0 Å². The van der Waals surface area contributed by atoms with Crippen molar-refractivity contribution in [2.75, 3.05) is 24.2 Å². The van der Waals surface area contributed by atoms with Gasteiger partial charge in [0, 0.05) is 24.5 Å². The second-order valence-electron chi connectivity index (χ2n) is 5.65. The SMILES string of the molecule is CCN(CC)C(=O)CSc1nc(NC2CC2)c2ccccc2n1. The van der Waals surface area contributed by atoms with Crippen LogP contribution in [0.2, 0.25) is 0 Å². The number of para-hydroxylation sites is 1. The van der Waals surface area contributed by atoms with E-state index in [4.69, 9.17) is 0 Å². The van der Waals surface area contributed by atoms with Crippen molar-refractivity contribution < 1.29 is 4.79 Å². The van der Waals surface area contributed by atoms with Crippen LogP contribution in [-0.4, -0.2) is 45.7 Å². The highest BCUT2D eigenvalue weighted by atomic mass is 32.2. The molecule has 1 fully saturated rings. The summed E-state index contributed by atoms with van der Waals surface area (Å²) >= 11 is 1.41. The Balaban J connectivity index is 1.79. The Morgan fingerprint density at radius 2 is 2.00 bits per heavy atom. The van der Waals surface area contributed by atoms with Crippen LogP contribution in [0.1, 0.15) is 26.7 Å². The van der Waals surface area contributed by atoms with E-state index in [9.17, 15) is 4.79 Å². The van der Waals surface area contributed by atoms with E-state index in [0.29, 0.717) is 17.0 Å². The van der Waals surface area contributed by atoms with Gasteiger partial charge in [0.2, 0.25) is 5.91 Å². The maximum absolute atomic E-state index is 12.1. The van der Waals surface area contributed by atoms with Gasteiger partial charge in [0.15, 0.2) is 5.16 Å². The minimum absolute atomic E-state index is 0.133. The summed E-state index contributed by atoms with van der Waals surface area (Å²) in [7, 11) is 0. The first-order valence-electron chi connectivity index (χ1n) is 8.15. The number of benzene rings is 1. The Morgan fingerprint density at radius 1 is 1.26 bits per heavy atom. The molecule has 122 valence electrons. The molecule has 1 N–H and O–H groups in total. The molecule has 1 amide bonds. The van der Waals surface area contributed by atoms with Gasteiger partial charge in [-0.1, -0.05) is 23.9 Å². The zero-order valence-corrected chi connectivity index (χ0v) is 14.4. The Hall–Kier alpha value is -1.82. The molecule has 0 saturated heterocycles. The van der Waals surface area contributed by atoms with E-state index >= 15 is 0 Å². The fourth-order valence-corrected chi connectivity index (χ4v) is 3.20. The third-order valence-electron chi connectivity index (χ3n) is 3.94. The molecule has 1 saturated carbocycles. The van der Waals surface area contributed by atoms with E-state index in [1.807, 2.05) is 43.0 Å². The summed E-state index contributed by atoms with van der Waals surface area (Å²) in [4.78, 5) is 23.2. The predicted molar refractivity (Wildman–Crippen MR) is 94.8 cm³/mol. The number of rotatable bonds is 7. The van der Waals surface area contributed by atoms with Gasteiger partial charge >= 0.3 is 0 Å². The normalized spacial score (nSPS) is 14.0. The first-order valence-corrected chi connectivity index (χ1v) is 9.13. The molecule has 1 heterocycles. The Bertz CT molecular complexity index is 698. The lowest BCUT2D eigenvalue weighted by Crippen LogP contribution is -2.31. The van der Waals surface area contributed by atoms with E-state index in [1.165, 1.54) is 24.6 Å². The van der Waals surface area contributed by atoms with Crippen molar-refractivity contribution in [3.05, 3.63) is 24.3 Å². The molecule has 1 aliphatic carbocycles. The minimum Gasteiger partial charge on any atom is -0.367 e. The van der Waals surface area contributed by atoms with E-state index < -0.39 is 0 Å². The topological polar surface area (TPSA) is 58.1 Å². The monoisotopic (exact) mass is 330 g/mol. The van der Waals surface area contributed by atoms with Gasteiger partial charge in [0.1, 0.15) is 5.82 Å². The average molecular weight is 330 g/mol. The van der Waals surface area contributed by atoms with Crippen molar-refractivity contribution in [2.24, 2.45) is 0 Å². The number of nitrogens with one attached hydrogen (secondary N) is 1. The smallest absolute Gasteiger partial charge is 0.233 e. The Labute approximate surface area is 140 Å². The van der Waals surface area contributed by atoms with E-state index in [1.54, 1.807) is 0 Å². The van der Waals surface area contributed by atoms with Crippen molar-refractivity contribution >= 4 is 34.4 Å². The lowest BCUT2D eigenvalue weighted by atomic mass is 10.2. The van der Waals surface area contributed by atoms with Crippen LogP contribution >= 0.6 is 11.8 Å². The van der Waals surface area contributed by atoms with Crippen LogP contribution in [0.4, 0.5) is 5.82 Å². The van der Waals surface area contributed by atoms with Gasteiger partial charge in [-0.25, -0.2) is 9.97 Å². The van der Waals surface area contributed by atoms with Crippen LogP contribution in [0.3, 0.4) is 0 Å². The summed E-state index contributed by atoms with van der Waals surface area (Å²) in [6.07, 6.45) is 2.39. The molecule has 2 aromatic rings. The van der Waals surface area contributed by atoms with Crippen LogP contribution in [-0.2, 0) is 4.79 Å². The van der Waals surface area contributed by atoms with Crippen molar-refractivity contribution in [3.63, 3.8) is 0 Å². The molecule has 23 heavy (non-hydrogen) atoms. The number of aromatic nitrogens is 2. The second kappa shape index (κ2) is 7.17. The number of hydrogen-bond donors (Lipinski definition) is 1. The molecule has 0 aliphatic heterocycles. The number of carbonyl (C=O) groups is 1. The maximum Gasteiger partial charge on any atom is 0.233 e. The third kappa shape index (κ3) is 3.93. The summed E-state index contributed by atoms with van der Waals surface area (Å²) in [5.74, 6) is 1.40. The third-order valence-corrected chi connectivity index (χ3v) is 4.77. The standard InChI is InChI=1S/C17H22N4OS/c1-3-21(4-2)15(22)11-23-17-19-14-8-6-5-7-13(14)16(20-17)18-12-9-10-12/h5-8,12H,3-4,9-11H2,1-2H3,(H,18,19,20). The number of hydrogen-bond acceptors (Lipinski definition) is 5. The first kappa shape index (κ1) is 16.1. The van der Waals surface area contributed by atoms with Gasteiger partial charge in [-0.15, -0.1) is 0 Å². The van der Waals surface area contributed by atoms with Gasteiger partial charge in [-0.3, -0.25) is 4.79 Å². The highest BCUT2D eigenvalue weighted by molar-refractivity contribution is 7.99. The van der Waals surface area contributed by atoms with Gasteiger partial charge in [-0.05, 0) is 38.8 Å². The van der Waals surface area contributed by atoms with Crippen LogP contribution in [0, 0.1) is 0 Å².